The Morgan fingerprint density at radius 1 is 1.12 bits per heavy atom. The Morgan fingerprint density at radius 2 is 1.85 bits per heavy atom. The zero-order chi connectivity index (χ0) is 18.9. The van der Waals surface area contributed by atoms with E-state index >= 15 is 0 Å². The fourth-order valence-corrected chi connectivity index (χ4v) is 2.94. The summed E-state index contributed by atoms with van der Waals surface area (Å²) in [7, 11) is 1.77. The molecule has 0 aromatic heterocycles. The maximum Gasteiger partial charge on any atom is 0.315 e. The van der Waals surface area contributed by atoms with E-state index < -0.39 is 0 Å². The number of nitrogens with one attached hydrogen (secondary N) is 2. The van der Waals surface area contributed by atoms with Crippen LogP contribution in [0, 0.1) is 0 Å². The molecule has 26 heavy (non-hydrogen) atoms. The zero-order valence-corrected chi connectivity index (χ0v) is 16.6. The number of urea groups is 1. The van der Waals surface area contributed by atoms with Crippen LogP contribution in [-0.4, -0.2) is 30.4 Å². The molecule has 2 aromatic rings. The van der Waals surface area contributed by atoms with Gasteiger partial charge in [-0.25, -0.2) is 4.79 Å². The zero-order valence-electron chi connectivity index (χ0n) is 15.0. The van der Waals surface area contributed by atoms with Gasteiger partial charge in [0.2, 0.25) is 5.91 Å². The van der Waals surface area contributed by atoms with Crippen molar-refractivity contribution in [2.24, 2.45) is 0 Å². The maximum atomic E-state index is 12.2. The highest BCUT2D eigenvalue weighted by Gasteiger charge is 2.12. The van der Waals surface area contributed by atoms with Gasteiger partial charge in [-0.2, -0.15) is 0 Å². The van der Waals surface area contributed by atoms with Gasteiger partial charge in [-0.05, 0) is 30.2 Å². The van der Waals surface area contributed by atoms with Crippen LogP contribution in [0.3, 0.4) is 0 Å². The summed E-state index contributed by atoms with van der Waals surface area (Å²) in [5.41, 5.74) is 2.09. The SMILES string of the molecule is CC(NC(=O)NCCC(=O)N(C)Cc1ccccc1)c1cccc(Br)c1. The largest absolute Gasteiger partial charge is 0.341 e. The first-order valence-electron chi connectivity index (χ1n) is 8.53. The first-order chi connectivity index (χ1) is 12.5. The Morgan fingerprint density at radius 3 is 2.54 bits per heavy atom. The normalized spacial score (nSPS) is 11.5. The molecule has 0 aliphatic carbocycles. The van der Waals surface area contributed by atoms with Crippen molar-refractivity contribution in [2.75, 3.05) is 13.6 Å². The number of hydrogen-bond donors (Lipinski definition) is 2. The molecule has 138 valence electrons. The van der Waals surface area contributed by atoms with Crippen molar-refractivity contribution in [2.45, 2.75) is 25.9 Å². The van der Waals surface area contributed by atoms with Gasteiger partial charge in [0.05, 0.1) is 6.04 Å². The molecule has 2 rings (SSSR count). The van der Waals surface area contributed by atoms with Gasteiger partial charge in [0.25, 0.3) is 0 Å². The molecule has 0 bridgehead atoms. The molecule has 0 heterocycles. The molecule has 2 aromatic carbocycles. The van der Waals surface area contributed by atoms with E-state index in [0.29, 0.717) is 13.1 Å². The molecule has 0 saturated carbocycles. The number of carbonyl (C=O) groups excluding carboxylic acids is 2. The second kappa shape index (κ2) is 9.97. The third-order valence-electron chi connectivity index (χ3n) is 4.01. The minimum absolute atomic E-state index is 0.00538. The average Bonchev–Trinajstić information content (AvgIpc) is 2.62. The molecule has 0 fully saturated rings. The number of benzene rings is 2. The standard InChI is InChI=1S/C20H24BrN3O2/c1-15(17-9-6-10-18(21)13-17)23-20(26)22-12-11-19(25)24(2)14-16-7-4-3-5-8-16/h3-10,13,15H,11-12,14H2,1-2H3,(H2,22,23,26). The minimum atomic E-state index is -0.281. The molecule has 1 atom stereocenters. The summed E-state index contributed by atoms with van der Waals surface area (Å²) in [6, 6.07) is 17.2. The molecule has 0 spiro atoms. The Kier molecular flexibility index (Phi) is 7.66. The van der Waals surface area contributed by atoms with Crippen molar-refractivity contribution in [3.63, 3.8) is 0 Å². The van der Waals surface area contributed by atoms with Crippen LogP contribution in [0.15, 0.2) is 59.1 Å². The lowest BCUT2D eigenvalue weighted by molar-refractivity contribution is -0.130. The summed E-state index contributed by atoms with van der Waals surface area (Å²) in [6.45, 7) is 2.78. The molecule has 2 N–H and O–H groups in total. The van der Waals surface area contributed by atoms with Gasteiger partial charge in [-0.3, -0.25) is 4.79 Å². The van der Waals surface area contributed by atoms with Crippen LogP contribution in [0.4, 0.5) is 4.79 Å². The lowest BCUT2D eigenvalue weighted by atomic mass is 10.1. The summed E-state index contributed by atoms with van der Waals surface area (Å²) < 4.78 is 0.969. The second-order valence-electron chi connectivity index (χ2n) is 6.16. The van der Waals surface area contributed by atoms with Crippen LogP contribution in [0.1, 0.15) is 30.5 Å². The van der Waals surface area contributed by atoms with E-state index in [-0.39, 0.29) is 24.4 Å². The summed E-state index contributed by atoms with van der Waals surface area (Å²) in [4.78, 5) is 25.8. The number of hydrogen-bond acceptors (Lipinski definition) is 2. The van der Waals surface area contributed by atoms with Crippen LogP contribution in [0.5, 0.6) is 0 Å². The fourth-order valence-electron chi connectivity index (χ4n) is 2.53. The smallest absolute Gasteiger partial charge is 0.315 e. The average molecular weight is 418 g/mol. The van der Waals surface area contributed by atoms with Crippen LogP contribution >= 0.6 is 15.9 Å². The van der Waals surface area contributed by atoms with Crippen molar-refractivity contribution >= 4 is 27.9 Å². The van der Waals surface area contributed by atoms with Gasteiger partial charge in [-0.15, -0.1) is 0 Å². The quantitative estimate of drug-likeness (QED) is 0.718. The van der Waals surface area contributed by atoms with E-state index in [9.17, 15) is 9.59 Å². The van der Waals surface area contributed by atoms with Crippen LogP contribution < -0.4 is 10.6 Å². The highest BCUT2D eigenvalue weighted by atomic mass is 79.9. The van der Waals surface area contributed by atoms with E-state index in [4.69, 9.17) is 0 Å². The molecule has 0 radical (unpaired) electrons. The number of carbonyl (C=O) groups is 2. The van der Waals surface area contributed by atoms with Crippen LogP contribution in [0.25, 0.3) is 0 Å². The number of nitrogens with zero attached hydrogens (tertiary/aromatic N) is 1. The Labute approximate surface area is 162 Å². The molecule has 0 aliphatic heterocycles. The van der Waals surface area contributed by atoms with Gasteiger partial charge in [0.1, 0.15) is 0 Å². The van der Waals surface area contributed by atoms with Gasteiger partial charge in [-0.1, -0.05) is 58.4 Å². The third-order valence-corrected chi connectivity index (χ3v) is 4.50. The van der Waals surface area contributed by atoms with Gasteiger partial charge in [0, 0.05) is 31.0 Å². The van der Waals surface area contributed by atoms with E-state index in [1.165, 1.54) is 0 Å². The molecular formula is C20H24BrN3O2. The van der Waals surface area contributed by atoms with Crippen LogP contribution in [0.2, 0.25) is 0 Å². The molecule has 5 nitrogen and oxygen atoms in total. The predicted octanol–water partition coefficient (Wildman–Crippen LogP) is 3.86. The Balaban J connectivity index is 1.71. The summed E-state index contributed by atoms with van der Waals surface area (Å²) in [5.74, 6) is -0.00538. The molecule has 0 aliphatic rings. The Bertz CT molecular complexity index is 737. The maximum absolute atomic E-state index is 12.2. The lowest BCUT2D eigenvalue weighted by Crippen LogP contribution is -2.39. The monoisotopic (exact) mass is 417 g/mol. The first kappa shape index (κ1) is 20.0. The lowest BCUT2D eigenvalue weighted by Gasteiger charge is -2.18. The number of halogens is 1. The molecule has 3 amide bonds. The fraction of sp³-hybridized carbons (Fsp3) is 0.300. The van der Waals surface area contributed by atoms with Gasteiger partial charge >= 0.3 is 6.03 Å². The van der Waals surface area contributed by atoms with Gasteiger partial charge < -0.3 is 15.5 Å². The van der Waals surface area contributed by atoms with E-state index in [0.717, 1.165) is 15.6 Å². The summed E-state index contributed by atoms with van der Waals surface area (Å²) in [6.07, 6.45) is 0.266. The van der Waals surface area contributed by atoms with E-state index in [1.54, 1.807) is 11.9 Å². The van der Waals surface area contributed by atoms with E-state index in [2.05, 4.69) is 26.6 Å². The molecule has 6 heteroatoms. The van der Waals surface area contributed by atoms with Crippen molar-refractivity contribution in [3.8, 4) is 0 Å². The van der Waals surface area contributed by atoms with Crippen molar-refractivity contribution < 1.29 is 9.59 Å². The predicted molar refractivity (Wildman–Crippen MR) is 107 cm³/mol. The van der Waals surface area contributed by atoms with Crippen molar-refractivity contribution in [3.05, 3.63) is 70.2 Å². The molecule has 1 unspecified atom stereocenters. The third kappa shape index (κ3) is 6.52. The first-order valence-corrected chi connectivity index (χ1v) is 9.32. The van der Waals surface area contributed by atoms with Crippen molar-refractivity contribution in [1.82, 2.24) is 15.5 Å². The number of amides is 3. The van der Waals surface area contributed by atoms with Gasteiger partial charge in [0.15, 0.2) is 0 Å². The Hall–Kier alpha value is -2.34. The summed E-state index contributed by atoms with van der Waals surface area (Å²) in [5, 5.41) is 5.61. The molecule has 0 saturated heterocycles. The highest BCUT2D eigenvalue weighted by molar-refractivity contribution is 9.10. The topological polar surface area (TPSA) is 61.4 Å². The summed E-state index contributed by atoms with van der Waals surface area (Å²) >= 11 is 3.42. The minimum Gasteiger partial charge on any atom is -0.341 e. The number of rotatable bonds is 7. The second-order valence-corrected chi connectivity index (χ2v) is 7.08. The van der Waals surface area contributed by atoms with Crippen molar-refractivity contribution in [1.29, 1.82) is 0 Å². The highest BCUT2D eigenvalue weighted by Crippen LogP contribution is 2.17. The van der Waals surface area contributed by atoms with Crippen LogP contribution in [-0.2, 0) is 11.3 Å². The molecular weight excluding hydrogens is 394 g/mol. The van der Waals surface area contributed by atoms with E-state index in [1.807, 2.05) is 61.5 Å².